The summed E-state index contributed by atoms with van der Waals surface area (Å²) in [6.07, 6.45) is 6.85. The van der Waals surface area contributed by atoms with E-state index in [4.69, 9.17) is 0 Å². The number of carbonyl (C=O) groups excluding carboxylic acids is 1. The molecule has 3 heterocycles. The monoisotopic (exact) mass is 364 g/mol. The summed E-state index contributed by atoms with van der Waals surface area (Å²) in [5, 5.41) is 16.8. The molecule has 0 spiro atoms. The van der Waals surface area contributed by atoms with E-state index in [-0.39, 0.29) is 36.8 Å². The Labute approximate surface area is 149 Å². The number of hydrogen-bond donors (Lipinski definition) is 3. The fourth-order valence-electron chi connectivity index (χ4n) is 3.42. The van der Waals surface area contributed by atoms with Gasteiger partial charge in [0.15, 0.2) is 0 Å². The van der Waals surface area contributed by atoms with Gasteiger partial charge >= 0.3 is 0 Å². The highest BCUT2D eigenvalue weighted by atomic mass is 35.5. The van der Waals surface area contributed by atoms with Gasteiger partial charge in [0.2, 0.25) is 5.91 Å². The normalized spacial score (nSPS) is 22.2. The number of amides is 1. The number of piperidine rings is 1. The van der Waals surface area contributed by atoms with Crippen molar-refractivity contribution in [3.05, 3.63) is 11.9 Å². The Bertz CT molecular complexity index is 452. The summed E-state index contributed by atoms with van der Waals surface area (Å²) in [6, 6.07) is 0.630. The second kappa shape index (κ2) is 10.1. The number of likely N-dealkylation sites (tertiary alicyclic amines) is 1. The highest BCUT2D eigenvalue weighted by Crippen LogP contribution is 2.24. The van der Waals surface area contributed by atoms with Crippen LogP contribution in [-0.4, -0.2) is 64.5 Å². The third-order valence-corrected chi connectivity index (χ3v) is 4.52. The Morgan fingerprint density at radius 3 is 2.78 bits per heavy atom. The molecular formula is C14H26Cl2N6O. The molecule has 1 amide bonds. The highest BCUT2D eigenvalue weighted by Gasteiger charge is 2.35. The van der Waals surface area contributed by atoms with Crippen molar-refractivity contribution >= 4 is 30.7 Å². The number of nitrogens with zero attached hydrogens (tertiary/aromatic N) is 3. The van der Waals surface area contributed by atoms with Crippen LogP contribution in [0.25, 0.3) is 0 Å². The van der Waals surface area contributed by atoms with E-state index >= 15 is 0 Å². The molecule has 9 heteroatoms. The SMILES string of the molecule is Cl.Cl.O=C(NCCc1cn[nH]n1)[C@@H]1CCCN1C1CCNCC1. The molecule has 23 heavy (non-hydrogen) atoms. The van der Waals surface area contributed by atoms with E-state index in [2.05, 4.69) is 30.9 Å². The minimum atomic E-state index is 0. The van der Waals surface area contributed by atoms with Crippen molar-refractivity contribution in [2.24, 2.45) is 0 Å². The van der Waals surface area contributed by atoms with Gasteiger partial charge in [-0.1, -0.05) is 0 Å². The first-order valence-corrected chi connectivity index (χ1v) is 7.93. The number of rotatable bonds is 5. The maximum atomic E-state index is 12.4. The van der Waals surface area contributed by atoms with Crippen LogP contribution < -0.4 is 10.6 Å². The highest BCUT2D eigenvalue weighted by molar-refractivity contribution is 5.85. The van der Waals surface area contributed by atoms with E-state index in [9.17, 15) is 4.79 Å². The van der Waals surface area contributed by atoms with E-state index in [0.29, 0.717) is 12.6 Å². The van der Waals surface area contributed by atoms with Gasteiger partial charge < -0.3 is 10.6 Å². The summed E-state index contributed by atoms with van der Waals surface area (Å²) in [7, 11) is 0. The molecule has 2 aliphatic rings. The van der Waals surface area contributed by atoms with Crippen molar-refractivity contribution in [3.8, 4) is 0 Å². The molecule has 0 aliphatic carbocycles. The Hall–Kier alpha value is -0.890. The van der Waals surface area contributed by atoms with Crippen LogP contribution in [0.4, 0.5) is 0 Å². The van der Waals surface area contributed by atoms with Gasteiger partial charge in [-0.25, -0.2) is 0 Å². The third kappa shape index (κ3) is 5.31. The molecule has 0 radical (unpaired) electrons. The van der Waals surface area contributed by atoms with Gasteiger partial charge in [-0.2, -0.15) is 15.4 Å². The largest absolute Gasteiger partial charge is 0.354 e. The van der Waals surface area contributed by atoms with Crippen LogP contribution in [0.2, 0.25) is 0 Å². The first-order chi connectivity index (χ1) is 10.3. The van der Waals surface area contributed by atoms with Gasteiger partial charge in [0.05, 0.1) is 17.9 Å². The minimum Gasteiger partial charge on any atom is -0.354 e. The molecule has 3 rings (SSSR count). The third-order valence-electron chi connectivity index (χ3n) is 4.52. The standard InChI is InChI=1S/C14H24N6O.2ClH/c21-14(16-8-3-11-10-17-19-18-11)13-2-1-9-20(13)12-4-6-15-7-5-12;;/h10,12-13,15H,1-9H2,(H,16,21)(H,17,18,19);2*1H/t13-;;/m0../s1. The van der Waals surface area contributed by atoms with Gasteiger partial charge in [0.1, 0.15) is 0 Å². The van der Waals surface area contributed by atoms with Gasteiger partial charge in [-0.3, -0.25) is 9.69 Å². The van der Waals surface area contributed by atoms with Gasteiger partial charge in [0, 0.05) is 19.0 Å². The van der Waals surface area contributed by atoms with E-state index in [1.54, 1.807) is 6.20 Å². The van der Waals surface area contributed by atoms with Gasteiger partial charge in [0.25, 0.3) is 0 Å². The Kier molecular flexibility index (Phi) is 8.83. The Morgan fingerprint density at radius 1 is 1.30 bits per heavy atom. The lowest BCUT2D eigenvalue weighted by atomic mass is 10.0. The first kappa shape index (κ1) is 20.2. The summed E-state index contributed by atoms with van der Waals surface area (Å²) in [6.45, 7) is 3.83. The molecule has 132 valence electrons. The molecule has 2 aliphatic heterocycles. The predicted octanol–water partition coefficient (Wildman–Crippen LogP) is 0.523. The number of hydrogen-bond acceptors (Lipinski definition) is 5. The number of carbonyl (C=O) groups is 1. The molecule has 0 unspecified atom stereocenters. The zero-order chi connectivity index (χ0) is 14.5. The van der Waals surface area contributed by atoms with Gasteiger partial charge in [-0.05, 0) is 45.3 Å². The molecule has 2 saturated heterocycles. The fraction of sp³-hybridized carbons (Fsp3) is 0.786. The second-order valence-corrected chi connectivity index (χ2v) is 5.88. The van der Waals surface area contributed by atoms with E-state index in [0.717, 1.165) is 57.4 Å². The smallest absolute Gasteiger partial charge is 0.237 e. The molecule has 1 atom stereocenters. The van der Waals surface area contributed by atoms with Gasteiger partial charge in [-0.15, -0.1) is 24.8 Å². The molecule has 0 bridgehead atoms. The van der Waals surface area contributed by atoms with E-state index in [1.165, 1.54) is 0 Å². The summed E-state index contributed by atoms with van der Waals surface area (Å²) in [5.41, 5.74) is 0.886. The molecule has 1 aromatic rings. The van der Waals surface area contributed by atoms with Crippen molar-refractivity contribution in [1.29, 1.82) is 0 Å². The van der Waals surface area contributed by atoms with E-state index < -0.39 is 0 Å². The van der Waals surface area contributed by atoms with Crippen LogP contribution in [0.15, 0.2) is 6.20 Å². The molecule has 1 aromatic heterocycles. The number of aromatic nitrogens is 3. The average Bonchev–Trinajstić information content (AvgIpc) is 3.19. The maximum absolute atomic E-state index is 12.4. The summed E-state index contributed by atoms with van der Waals surface area (Å²) in [5.74, 6) is 0.175. The topological polar surface area (TPSA) is 85.9 Å². The lowest BCUT2D eigenvalue weighted by Gasteiger charge is -2.35. The van der Waals surface area contributed by atoms with Crippen LogP contribution in [0, 0.1) is 0 Å². The average molecular weight is 365 g/mol. The lowest BCUT2D eigenvalue weighted by Crippen LogP contribution is -2.50. The van der Waals surface area contributed by atoms with Crippen molar-refractivity contribution in [1.82, 2.24) is 30.9 Å². The molecule has 0 aromatic carbocycles. The molecule has 3 N–H and O–H groups in total. The predicted molar refractivity (Wildman–Crippen MR) is 93.2 cm³/mol. The zero-order valence-corrected chi connectivity index (χ0v) is 14.8. The summed E-state index contributed by atoms with van der Waals surface area (Å²) in [4.78, 5) is 14.8. The first-order valence-electron chi connectivity index (χ1n) is 7.93. The quantitative estimate of drug-likeness (QED) is 0.709. The second-order valence-electron chi connectivity index (χ2n) is 5.88. The number of H-pyrrole nitrogens is 1. The zero-order valence-electron chi connectivity index (χ0n) is 13.2. The Balaban J connectivity index is 0.00000132. The minimum absolute atomic E-state index is 0. The summed E-state index contributed by atoms with van der Waals surface area (Å²) < 4.78 is 0. The fourth-order valence-corrected chi connectivity index (χ4v) is 3.42. The maximum Gasteiger partial charge on any atom is 0.237 e. The lowest BCUT2D eigenvalue weighted by molar-refractivity contribution is -0.126. The van der Waals surface area contributed by atoms with Crippen molar-refractivity contribution in [3.63, 3.8) is 0 Å². The van der Waals surface area contributed by atoms with Crippen molar-refractivity contribution in [2.45, 2.75) is 44.2 Å². The van der Waals surface area contributed by atoms with Crippen LogP contribution in [0.3, 0.4) is 0 Å². The molecule has 7 nitrogen and oxygen atoms in total. The van der Waals surface area contributed by atoms with Crippen LogP contribution in [-0.2, 0) is 11.2 Å². The molecular weight excluding hydrogens is 339 g/mol. The van der Waals surface area contributed by atoms with Crippen molar-refractivity contribution < 1.29 is 4.79 Å². The number of halogens is 2. The molecule has 2 fully saturated rings. The molecule has 0 saturated carbocycles. The van der Waals surface area contributed by atoms with E-state index in [1.807, 2.05) is 0 Å². The van der Waals surface area contributed by atoms with Crippen LogP contribution in [0.1, 0.15) is 31.4 Å². The Morgan fingerprint density at radius 2 is 2.09 bits per heavy atom. The van der Waals surface area contributed by atoms with Crippen molar-refractivity contribution in [2.75, 3.05) is 26.2 Å². The van der Waals surface area contributed by atoms with Crippen LogP contribution in [0.5, 0.6) is 0 Å². The number of nitrogens with one attached hydrogen (secondary N) is 3. The number of aromatic amines is 1. The van der Waals surface area contributed by atoms with Crippen LogP contribution >= 0.6 is 24.8 Å². The summed E-state index contributed by atoms with van der Waals surface area (Å²) >= 11 is 0.